The van der Waals surface area contributed by atoms with Crippen molar-refractivity contribution in [2.45, 2.75) is 45.7 Å². The smallest absolute Gasteiger partial charge is 0.322 e. The first-order chi connectivity index (χ1) is 17.4. The molecule has 1 unspecified atom stereocenters. The van der Waals surface area contributed by atoms with E-state index in [2.05, 4.69) is 66.3 Å². The Morgan fingerprint density at radius 3 is 2.44 bits per heavy atom. The molecule has 4 rings (SSSR count). The molecule has 1 aliphatic heterocycles. The van der Waals surface area contributed by atoms with Gasteiger partial charge in [0, 0.05) is 37.2 Å². The number of benzene rings is 2. The molecule has 0 saturated carbocycles. The molecule has 0 fully saturated rings. The number of nitrogens with one attached hydrogen (secondary N) is 1. The van der Waals surface area contributed by atoms with Gasteiger partial charge in [-0.05, 0) is 59.9 Å². The Bertz CT molecular complexity index is 1240. The fourth-order valence-electron chi connectivity index (χ4n) is 4.67. The van der Waals surface area contributed by atoms with Crippen molar-refractivity contribution < 1.29 is 9.59 Å². The van der Waals surface area contributed by atoms with Gasteiger partial charge in [0.1, 0.15) is 6.54 Å². The van der Waals surface area contributed by atoms with Gasteiger partial charge in [-0.1, -0.05) is 45.0 Å². The zero-order valence-corrected chi connectivity index (χ0v) is 21.1. The summed E-state index contributed by atoms with van der Waals surface area (Å²) in [6, 6.07) is 20.8. The van der Waals surface area contributed by atoms with Crippen LogP contribution in [0, 0.1) is 11.3 Å². The fraction of sp³-hybridized carbons (Fsp3) is 0.345. The van der Waals surface area contributed by atoms with Gasteiger partial charge in [-0.3, -0.25) is 4.79 Å². The Morgan fingerprint density at radius 1 is 1.08 bits per heavy atom. The predicted octanol–water partition coefficient (Wildman–Crippen LogP) is 5.36. The molecule has 1 aromatic heterocycles. The minimum atomic E-state index is -0.326. The number of fused-ring (bicyclic) bond motifs is 1. The molecule has 1 N–H and O–H groups in total. The lowest BCUT2D eigenvalue weighted by atomic mass is 9.95. The number of hydrogen-bond acceptors (Lipinski definition) is 3. The highest BCUT2D eigenvalue weighted by Crippen LogP contribution is 2.33. The summed E-state index contributed by atoms with van der Waals surface area (Å²) in [5.41, 5.74) is 4.52. The first kappa shape index (κ1) is 25.1. The van der Waals surface area contributed by atoms with Gasteiger partial charge in [0.25, 0.3) is 0 Å². The molecular weight excluding hydrogens is 450 g/mol. The van der Waals surface area contributed by atoms with Crippen LogP contribution in [0.25, 0.3) is 0 Å². The summed E-state index contributed by atoms with van der Waals surface area (Å²) in [5.74, 6) is 0.355. The highest BCUT2D eigenvalue weighted by atomic mass is 16.2. The number of nitriles is 1. The van der Waals surface area contributed by atoms with Crippen LogP contribution in [-0.4, -0.2) is 45.9 Å². The van der Waals surface area contributed by atoms with Crippen LogP contribution in [0.2, 0.25) is 0 Å². The third-order valence-corrected chi connectivity index (χ3v) is 6.65. The van der Waals surface area contributed by atoms with Crippen molar-refractivity contribution in [3.8, 4) is 6.07 Å². The van der Waals surface area contributed by atoms with E-state index in [0.29, 0.717) is 30.3 Å². The molecule has 2 heterocycles. The Morgan fingerprint density at radius 2 is 1.81 bits per heavy atom. The van der Waals surface area contributed by atoms with Gasteiger partial charge >= 0.3 is 6.03 Å². The van der Waals surface area contributed by atoms with Crippen molar-refractivity contribution in [3.63, 3.8) is 0 Å². The van der Waals surface area contributed by atoms with Gasteiger partial charge < -0.3 is 19.7 Å². The SMILES string of the molecule is CCCN(CC(=O)N1CCn2cccc2C1c1ccc(C(C)C)cc1)C(=O)Nc1ccc(C#N)cc1. The molecule has 3 amide bonds. The normalized spacial score (nSPS) is 14.8. The largest absolute Gasteiger partial charge is 0.348 e. The van der Waals surface area contributed by atoms with Crippen LogP contribution in [0.3, 0.4) is 0 Å². The third-order valence-electron chi connectivity index (χ3n) is 6.65. The topological polar surface area (TPSA) is 81.4 Å². The summed E-state index contributed by atoms with van der Waals surface area (Å²) in [5, 5.41) is 11.9. The number of rotatable bonds is 7. The molecule has 7 nitrogen and oxygen atoms in total. The van der Waals surface area contributed by atoms with Crippen LogP contribution in [-0.2, 0) is 11.3 Å². The lowest BCUT2D eigenvalue weighted by Crippen LogP contribution is -2.48. The van der Waals surface area contributed by atoms with E-state index in [9.17, 15) is 9.59 Å². The van der Waals surface area contributed by atoms with Crippen molar-refractivity contribution in [2.24, 2.45) is 0 Å². The van der Waals surface area contributed by atoms with E-state index in [1.54, 1.807) is 29.2 Å². The Kier molecular flexibility index (Phi) is 7.74. The molecule has 1 aliphatic rings. The van der Waals surface area contributed by atoms with Crippen LogP contribution in [0.4, 0.5) is 10.5 Å². The van der Waals surface area contributed by atoms with Crippen LogP contribution in [0.5, 0.6) is 0 Å². The molecule has 7 heteroatoms. The van der Waals surface area contributed by atoms with E-state index < -0.39 is 0 Å². The second kappa shape index (κ2) is 11.1. The lowest BCUT2D eigenvalue weighted by molar-refractivity contribution is -0.134. The molecule has 36 heavy (non-hydrogen) atoms. The van der Waals surface area contributed by atoms with Gasteiger partial charge in [-0.2, -0.15) is 5.26 Å². The summed E-state index contributed by atoms with van der Waals surface area (Å²) in [7, 11) is 0. The van der Waals surface area contributed by atoms with E-state index in [-0.39, 0.29) is 24.5 Å². The summed E-state index contributed by atoms with van der Waals surface area (Å²) in [6.45, 7) is 8.08. The van der Waals surface area contributed by atoms with Gasteiger partial charge in [0.05, 0.1) is 17.7 Å². The highest BCUT2D eigenvalue weighted by molar-refractivity contribution is 5.92. The molecular formula is C29H33N5O2. The van der Waals surface area contributed by atoms with Crippen molar-refractivity contribution in [1.82, 2.24) is 14.4 Å². The van der Waals surface area contributed by atoms with Crippen LogP contribution in [0.1, 0.15) is 61.5 Å². The fourth-order valence-corrected chi connectivity index (χ4v) is 4.67. The number of nitrogens with zero attached hydrogens (tertiary/aromatic N) is 4. The van der Waals surface area contributed by atoms with Gasteiger partial charge in [0.2, 0.25) is 5.91 Å². The Labute approximate surface area is 212 Å². The maximum absolute atomic E-state index is 13.7. The van der Waals surface area contributed by atoms with Crippen LogP contribution >= 0.6 is 0 Å². The Balaban J connectivity index is 1.54. The minimum absolute atomic E-state index is 0.00274. The van der Waals surface area contributed by atoms with E-state index in [4.69, 9.17) is 5.26 Å². The molecule has 0 aliphatic carbocycles. The van der Waals surface area contributed by atoms with Gasteiger partial charge in [-0.15, -0.1) is 0 Å². The van der Waals surface area contributed by atoms with E-state index in [1.807, 2.05) is 17.9 Å². The maximum atomic E-state index is 13.7. The van der Waals surface area contributed by atoms with Crippen LogP contribution < -0.4 is 5.32 Å². The second-order valence-electron chi connectivity index (χ2n) is 9.48. The van der Waals surface area contributed by atoms with E-state index in [1.165, 1.54) is 5.56 Å². The number of amides is 3. The number of carbonyl (C=O) groups excluding carboxylic acids is 2. The number of hydrogen-bond donors (Lipinski definition) is 1. The average Bonchev–Trinajstić information content (AvgIpc) is 3.37. The summed E-state index contributed by atoms with van der Waals surface area (Å²) < 4.78 is 2.20. The van der Waals surface area contributed by atoms with Crippen molar-refractivity contribution >= 4 is 17.6 Å². The molecule has 0 saturated heterocycles. The Hall–Kier alpha value is -4.05. The predicted molar refractivity (Wildman–Crippen MR) is 141 cm³/mol. The van der Waals surface area contributed by atoms with Crippen molar-refractivity contribution in [3.05, 3.63) is 89.2 Å². The zero-order chi connectivity index (χ0) is 25.7. The molecule has 0 spiro atoms. The summed E-state index contributed by atoms with van der Waals surface area (Å²) >= 11 is 0. The van der Waals surface area contributed by atoms with Crippen molar-refractivity contribution in [1.29, 1.82) is 5.26 Å². The number of carbonyl (C=O) groups is 2. The maximum Gasteiger partial charge on any atom is 0.322 e. The molecule has 1 atom stereocenters. The molecule has 0 bridgehead atoms. The van der Waals surface area contributed by atoms with E-state index in [0.717, 1.165) is 24.2 Å². The molecule has 3 aromatic rings. The number of anilines is 1. The third kappa shape index (κ3) is 5.44. The number of aromatic nitrogens is 1. The van der Waals surface area contributed by atoms with Crippen LogP contribution in [0.15, 0.2) is 66.9 Å². The standard InChI is InChI=1S/C29H33N5O2/c1-4-15-33(29(36)31-25-13-7-22(19-30)8-14-25)20-27(35)34-18-17-32-16-5-6-26(32)28(34)24-11-9-23(10-12-24)21(2)3/h5-14,16,21,28H,4,15,17-18,20H2,1-3H3,(H,31,36). The molecule has 0 radical (unpaired) electrons. The van der Waals surface area contributed by atoms with E-state index >= 15 is 0 Å². The first-order valence-electron chi connectivity index (χ1n) is 12.5. The first-order valence-corrected chi connectivity index (χ1v) is 12.5. The molecule has 2 aromatic carbocycles. The lowest BCUT2D eigenvalue weighted by Gasteiger charge is -2.38. The van der Waals surface area contributed by atoms with Gasteiger partial charge in [-0.25, -0.2) is 4.79 Å². The second-order valence-corrected chi connectivity index (χ2v) is 9.48. The quantitative estimate of drug-likeness (QED) is 0.491. The monoisotopic (exact) mass is 483 g/mol. The zero-order valence-electron chi connectivity index (χ0n) is 21.1. The summed E-state index contributed by atoms with van der Waals surface area (Å²) in [4.78, 5) is 30.2. The highest BCUT2D eigenvalue weighted by Gasteiger charge is 2.33. The summed E-state index contributed by atoms with van der Waals surface area (Å²) in [6.07, 6.45) is 2.79. The van der Waals surface area contributed by atoms with Crippen molar-refractivity contribution in [2.75, 3.05) is 25.0 Å². The average molecular weight is 484 g/mol. The number of urea groups is 1. The minimum Gasteiger partial charge on any atom is -0.348 e. The van der Waals surface area contributed by atoms with Gasteiger partial charge in [0.15, 0.2) is 0 Å². The molecule has 186 valence electrons.